The van der Waals surface area contributed by atoms with Gasteiger partial charge in [-0.05, 0) is 69.7 Å². The van der Waals surface area contributed by atoms with Gasteiger partial charge in [-0.1, -0.05) is 0 Å². The number of carbonyl (C=O) groups is 1. The lowest BCUT2D eigenvalue weighted by atomic mass is 9.92. The van der Waals surface area contributed by atoms with Crippen molar-refractivity contribution < 1.29 is 22.3 Å². The van der Waals surface area contributed by atoms with Gasteiger partial charge in [0.15, 0.2) is 15.7 Å². The molecule has 3 heterocycles. The molecule has 0 atom stereocenters. The van der Waals surface area contributed by atoms with Gasteiger partial charge in [0.2, 0.25) is 0 Å². The second-order valence-electron chi connectivity index (χ2n) is 9.50. The van der Waals surface area contributed by atoms with E-state index in [2.05, 4.69) is 15.4 Å². The number of benzene rings is 1. The monoisotopic (exact) mass is 500 g/mol. The normalized spacial score (nSPS) is 22.8. The average Bonchev–Trinajstić information content (AvgIpc) is 3.17. The van der Waals surface area contributed by atoms with E-state index in [-0.39, 0.29) is 41.5 Å². The number of ether oxygens (including phenoxy) is 1. The molecule has 0 radical (unpaired) electrons. The summed E-state index contributed by atoms with van der Waals surface area (Å²) in [5.74, 6) is 0.407. The Kier molecular flexibility index (Phi) is 6.59. The third-order valence-corrected chi connectivity index (χ3v) is 8.67. The Bertz CT molecular complexity index is 1320. The van der Waals surface area contributed by atoms with E-state index in [1.165, 1.54) is 18.3 Å². The van der Waals surface area contributed by atoms with Crippen molar-refractivity contribution in [2.75, 3.05) is 11.5 Å². The van der Waals surface area contributed by atoms with Crippen molar-refractivity contribution in [3.05, 3.63) is 53.6 Å². The minimum atomic E-state index is -2.89. The molecule has 1 aromatic carbocycles. The van der Waals surface area contributed by atoms with Crippen molar-refractivity contribution in [3.63, 3.8) is 0 Å². The van der Waals surface area contributed by atoms with Crippen LogP contribution in [0.5, 0.6) is 0 Å². The van der Waals surface area contributed by atoms with Gasteiger partial charge in [0.05, 0.1) is 40.5 Å². The lowest BCUT2D eigenvalue weighted by Gasteiger charge is -2.33. The molecule has 1 aliphatic heterocycles. The molecular formula is C25H29FN4O4S. The average molecular weight is 501 g/mol. The molecule has 10 heteroatoms. The molecule has 0 bridgehead atoms. The van der Waals surface area contributed by atoms with Crippen LogP contribution in [-0.4, -0.2) is 58.8 Å². The highest BCUT2D eigenvalue weighted by Crippen LogP contribution is 2.26. The van der Waals surface area contributed by atoms with Gasteiger partial charge in [-0.3, -0.25) is 4.79 Å². The molecule has 1 N–H and O–H groups in total. The van der Waals surface area contributed by atoms with Gasteiger partial charge in [0, 0.05) is 23.7 Å². The van der Waals surface area contributed by atoms with E-state index in [0.717, 1.165) is 36.8 Å². The summed E-state index contributed by atoms with van der Waals surface area (Å²) in [5, 5.41) is 8.41. The molecule has 35 heavy (non-hydrogen) atoms. The molecule has 2 aromatic heterocycles. The van der Waals surface area contributed by atoms with Gasteiger partial charge in [0.25, 0.3) is 5.91 Å². The first-order valence-corrected chi connectivity index (χ1v) is 13.9. The maximum atomic E-state index is 13.8. The third-order valence-electron chi connectivity index (χ3n) is 6.95. The quantitative estimate of drug-likeness (QED) is 0.575. The van der Waals surface area contributed by atoms with Gasteiger partial charge < -0.3 is 10.1 Å². The van der Waals surface area contributed by atoms with Crippen LogP contribution in [0.15, 0.2) is 36.5 Å². The second kappa shape index (κ2) is 9.66. The van der Waals surface area contributed by atoms with E-state index < -0.39 is 9.84 Å². The van der Waals surface area contributed by atoms with Gasteiger partial charge in [-0.2, -0.15) is 5.10 Å². The zero-order valence-corrected chi connectivity index (χ0v) is 20.4. The fraction of sp³-hybridized carbons (Fsp3) is 0.480. The first kappa shape index (κ1) is 23.9. The first-order valence-electron chi connectivity index (χ1n) is 12.1. The van der Waals surface area contributed by atoms with E-state index in [9.17, 15) is 17.6 Å². The number of halogens is 1. The predicted molar refractivity (Wildman–Crippen MR) is 130 cm³/mol. The molecule has 2 fully saturated rings. The number of hydrogen-bond donors (Lipinski definition) is 1. The highest BCUT2D eigenvalue weighted by atomic mass is 32.2. The minimum Gasteiger partial charge on any atom is -0.375 e. The number of nitrogens with one attached hydrogen (secondary N) is 1. The van der Waals surface area contributed by atoms with Gasteiger partial charge >= 0.3 is 0 Å². The maximum absolute atomic E-state index is 13.8. The molecule has 1 saturated carbocycles. The van der Waals surface area contributed by atoms with Crippen molar-refractivity contribution in [1.29, 1.82) is 0 Å². The van der Waals surface area contributed by atoms with E-state index in [4.69, 9.17) is 4.74 Å². The molecule has 1 aliphatic carbocycles. The number of hydrogen-bond acceptors (Lipinski definition) is 6. The summed E-state index contributed by atoms with van der Waals surface area (Å²) in [4.78, 5) is 17.2. The van der Waals surface area contributed by atoms with E-state index >= 15 is 0 Å². The lowest BCUT2D eigenvalue weighted by molar-refractivity contribution is -0.0367. The van der Waals surface area contributed by atoms with Crippen molar-refractivity contribution in [2.24, 2.45) is 0 Å². The molecule has 0 spiro atoms. The van der Waals surface area contributed by atoms with Gasteiger partial charge in [-0.25, -0.2) is 22.5 Å². The topological polar surface area (TPSA) is 103 Å². The number of pyridine rings is 1. The Morgan fingerprint density at radius 1 is 1.06 bits per heavy atom. The predicted octanol–water partition coefficient (Wildman–Crippen LogP) is 3.50. The Balaban J connectivity index is 1.15. The fourth-order valence-electron chi connectivity index (χ4n) is 4.95. The van der Waals surface area contributed by atoms with Crippen LogP contribution in [-0.2, 0) is 14.6 Å². The second-order valence-corrected chi connectivity index (χ2v) is 11.8. The maximum Gasteiger partial charge on any atom is 0.253 e. The summed E-state index contributed by atoms with van der Waals surface area (Å²) in [6.07, 6.45) is 6.11. The Hall–Kier alpha value is -2.85. The fourth-order valence-corrected chi connectivity index (χ4v) is 6.40. The van der Waals surface area contributed by atoms with Crippen LogP contribution in [0.25, 0.3) is 16.7 Å². The molecule has 5 rings (SSSR count). The van der Waals surface area contributed by atoms with Crippen LogP contribution in [0, 0.1) is 12.7 Å². The van der Waals surface area contributed by atoms with Gasteiger partial charge in [0.1, 0.15) is 5.82 Å². The summed E-state index contributed by atoms with van der Waals surface area (Å²) in [5.41, 5.74) is 1.85. The van der Waals surface area contributed by atoms with Crippen molar-refractivity contribution in [1.82, 2.24) is 20.1 Å². The van der Waals surface area contributed by atoms with Crippen molar-refractivity contribution >= 4 is 26.6 Å². The van der Waals surface area contributed by atoms with Crippen LogP contribution in [0.2, 0.25) is 0 Å². The minimum absolute atomic E-state index is 0.0199. The number of sulfone groups is 1. The van der Waals surface area contributed by atoms with E-state index in [1.807, 2.05) is 6.92 Å². The molecule has 3 aromatic rings. The van der Waals surface area contributed by atoms with Crippen molar-refractivity contribution in [3.8, 4) is 5.82 Å². The smallest absolute Gasteiger partial charge is 0.253 e. The first-order chi connectivity index (χ1) is 16.8. The molecule has 186 valence electrons. The van der Waals surface area contributed by atoms with Gasteiger partial charge in [-0.15, -0.1) is 0 Å². The molecular weight excluding hydrogens is 471 g/mol. The standard InChI is InChI=1S/C25H29FN4O4S/c1-16-22-8-3-18(26)14-23(22)30(29-16)24-9-2-17(15-27-24)25(31)28-19-4-6-20(7-5-19)34-21-10-12-35(32,33)13-11-21/h2-3,8-9,14-15,19-21H,4-7,10-13H2,1H3,(H,28,31). The van der Waals surface area contributed by atoms with E-state index in [1.54, 1.807) is 22.9 Å². The SMILES string of the molecule is Cc1nn(-c2ccc(C(=O)NC3CCC(OC4CCS(=O)(=O)CC4)CC3)cn2)c2cc(F)ccc12. The number of amides is 1. The summed E-state index contributed by atoms with van der Waals surface area (Å²) in [6.45, 7) is 1.86. The largest absolute Gasteiger partial charge is 0.375 e. The summed E-state index contributed by atoms with van der Waals surface area (Å²) in [6, 6.07) is 8.00. The van der Waals surface area contributed by atoms with Crippen LogP contribution in [0.1, 0.15) is 54.6 Å². The highest BCUT2D eigenvalue weighted by Gasteiger charge is 2.29. The third kappa shape index (κ3) is 5.38. The summed E-state index contributed by atoms with van der Waals surface area (Å²) >= 11 is 0. The number of rotatable bonds is 5. The Morgan fingerprint density at radius 2 is 1.77 bits per heavy atom. The molecule has 1 amide bonds. The Morgan fingerprint density at radius 3 is 2.46 bits per heavy atom. The van der Waals surface area contributed by atoms with Crippen LogP contribution >= 0.6 is 0 Å². The summed E-state index contributed by atoms with van der Waals surface area (Å²) < 4.78 is 44.7. The Labute approximate surface area is 203 Å². The lowest BCUT2D eigenvalue weighted by Crippen LogP contribution is -2.40. The molecule has 0 unspecified atom stereocenters. The van der Waals surface area contributed by atoms with Crippen LogP contribution < -0.4 is 5.32 Å². The highest BCUT2D eigenvalue weighted by molar-refractivity contribution is 7.91. The number of aromatic nitrogens is 3. The number of fused-ring (bicyclic) bond motifs is 1. The number of aryl methyl sites for hydroxylation is 1. The summed E-state index contributed by atoms with van der Waals surface area (Å²) in [7, 11) is -2.89. The number of nitrogens with zero attached hydrogens (tertiary/aromatic N) is 3. The zero-order valence-electron chi connectivity index (χ0n) is 19.6. The zero-order chi connectivity index (χ0) is 24.6. The van der Waals surface area contributed by atoms with E-state index in [0.29, 0.717) is 29.7 Å². The molecule has 2 aliphatic rings. The van der Waals surface area contributed by atoms with Crippen molar-refractivity contribution in [2.45, 2.75) is 63.7 Å². The van der Waals surface area contributed by atoms with Crippen LogP contribution in [0.3, 0.4) is 0 Å². The number of carbonyl (C=O) groups excluding carboxylic acids is 1. The molecule has 1 saturated heterocycles. The molecule has 8 nitrogen and oxygen atoms in total. The van der Waals surface area contributed by atoms with Crippen LogP contribution in [0.4, 0.5) is 4.39 Å².